The van der Waals surface area contributed by atoms with E-state index < -0.39 is 0 Å². The average molecular weight is 867 g/mol. The van der Waals surface area contributed by atoms with Crippen LogP contribution < -0.4 is 4.90 Å². The van der Waals surface area contributed by atoms with Crippen LogP contribution in [0.15, 0.2) is 279 Å². The van der Waals surface area contributed by atoms with E-state index in [-0.39, 0.29) is 0 Å². The van der Waals surface area contributed by atoms with Gasteiger partial charge in [0.2, 0.25) is 0 Å². The molecule has 320 valence electrons. The average Bonchev–Trinajstić information content (AvgIpc) is 3.76. The number of anilines is 3. The molecule has 0 amide bonds. The summed E-state index contributed by atoms with van der Waals surface area (Å²) < 4.78 is 2.38. The standard InChI is InChI=1S/C66H46N2/c1-4-18-47(19-5-1)49-32-34-50(35-33-49)51-36-39-54(40-37-51)67(55-41-43-56(44-42-55)68-65-30-16-13-27-61(65)62-28-14-17-31-66(62)68)64-29-15-12-26-60(64)59-45-38-53(48-20-6-2-7-21-48)46-63(59)58-25-11-10-24-57(58)52-22-8-3-9-23-52/h1-46H. The minimum absolute atomic E-state index is 1.06. The molecule has 11 aromatic carbocycles. The van der Waals surface area contributed by atoms with Crippen LogP contribution in [0.2, 0.25) is 0 Å². The Morgan fingerprint density at radius 3 is 1.19 bits per heavy atom. The highest BCUT2D eigenvalue weighted by Crippen LogP contribution is 2.47. The maximum absolute atomic E-state index is 2.42. The molecule has 12 aromatic rings. The topological polar surface area (TPSA) is 8.17 Å². The fourth-order valence-electron chi connectivity index (χ4n) is 9.96. The summed E-state index contributed by atoms with van der Waals surface area (Å²) in [5.41, 5.74) is 20.9. The molecule has 0 spiro atoms. The van der Waals surface area contributed by atoms with Crippen LogP contribution in [0.5, 0.6) is 0 Å². The van der Waals surface area contributed by atoms with E-state index >= 15 is 0 Å². The summed E-state index contributed by atoms with van der Waals surface area (Å²) >= 11 is 0. The lowest BCUT2D eigenvalue weighted by atomic mass is 9.86. The Morgan fingerprint density at radius 2 is 0.618 bits per heavy atom. The molecular weight excluding hydrogens is 821 g/mol. The van der Waals surface area contributed by atoms with Crippen molar-refractivity contribution in [2.45, 2.75) is 0 Å². The van der Waals surface area contributed by atoms with Crippen molar-refractivity contribution in [3.63, 3.8) is 0 Å². The van der Waals surface area contributed by atoms with Crippen molar-refractivity contribution in [2.24, 2.45) is 0 Å². The van der Waals surface area contributed by atoms with Crippen LogP contribution in [0.4, 0.5) is 17.1 Å². The van der Waals surface area contributed by atoms with Gasteiger partial charge in [-0.05, 0) is 122 Å². The number of nitrogens with zero attached hydrogens (tertiary/aromatic N) is 2. The first-order chi connectivity index (χ1) is 33.7. The maximum Gasteiger partial charge on any atom is 0.0541 e. The lowest BCUT2D eigenvalue weighted by Gasteiger charge is -2.29. The van der Waals surface area contributed by atoms with Crippen molar-refractivity contribution in [3.05, 3.63) is 279 Å². The van der Waals surface area contributed by atoms with Gasteiger partial charge < -0.3 is 9.47 Å². The van der Waals surface area contributed by atoms with Gasteiger partial charge in [0, 0.05) is 33.4 Å². The minimum Gasteiger partial charge on any atom is -0.310 e. The monoisotopic (exact) mass is 866 g/mol. The zero-order chi connectivity index (χ0) is 45.2. The van der Waals surface area contributed by atoms with E-state index in [0.717, 1.165) is 33.9 Å². The molecule has 12 rings (SSSR count). The molecule has 2 heteroatoms. The SMILES string of the molecule is c1ccc(-c2ccc(-c3ccc(N(c4ccc(-n5c6ccccc6c6ccccc65)cc4)c4ccccc4-c4ccc(-c5ccccc5)cc4-c4ccccc4-c4ccccc4)cc3)cc2)cc1. The molecule has 1 heterocycles. The number of aromatic nitrogens is 1. The predicted octanol–water partition coefficient (Wildman–Crippen LogP) is 18.3. The second-order valence-corrected chi connectivity index (χ2v) is 17.3. The Hall–Kier alpha value is -8.98. The summed E-state index contributed by atoms with van der Waals surface area (Å²) in [4.78, 5) is 2.42. The zero-order valence-electron chi connectivity index (χ0n) is 37.5. The molecule has 0 unspecified atom stereocenters. The molecule has 0 bridgehead atoms. The molecule has 0 N–H and O–H groups in total. The Morgan fingerprint density at radius 1 is 0.235 bits per heavy atom. The molecule has 0 radical (unpaired) electrons. The highest BCUT2D eigenvalue weighted by Gasteiger charge is 2.22. The zero-order valence-corrected chi connectivity index (χ0v) is 37.5. The summed E-state index contributed by atoms with van der Waals surface area (Å²) in [7, 11) is 0. The number of benzene rings is 11. The fourth-order valence-corrected chi connectivity index (χ4v) is 9.96. The van der Waals surface area contributed by atoms with E-state index in [9.17, 15) is 0 Å². The van der Waals surface area contributed by atoms with Crippen molar-refractivity contribution >= 4 is 38.9 Å². The van der Waals surface area contributed by atoms with E-state index in [4.69, 9.17) is 0 Å². The second kappa shape index (κ2) is 17.8. The third-order valence-electron chi connectivity index (χ3n) is 13.3. The molecule has 0 aliphatic heterocycles. The lowest BCUT2D eigenvalue weighted by molar-refractivity contribution is 1.17. The first kappa shape index (κ1) is 40.5. The van der Waals surface area contributed by atoms with Gasteiger partial charge in [0.25, 0.3) is 0 Å². The van der Waals surface area contributed by atoms with Gasteiger partial charge >= 0.3 is 0 Å². The lowest BCUT2D eigenvalue weighted by Crippen LogP contribution is -2.11. The summed E-state index contributed by atoms with van der Waals surface area (Å²) in [5.74, 6) is 0. The van der Waals surface area contributed by atoms with Gasteiger partial charge in [-0.25, -0.2) is 0 Å². The maximum atomic E-state index is 2.42. The molecule has 1 aromatic heterocycles. The van der Waals surface area contributed by atoms with Gasteiger partial charge in [0.1, 0.15) is 0 Å². The van der Waals surface area contributed by atoms with E-state index in [0.29, 0.717) is 0 Å². The van der Waals surface area contributed by atoms with Crippen molar-refractivity contribution in [2.75, 3.05) is 4.90 Å². The van der Waals surface area contributed by atoms with Crippen molar-refractivity contribution in [3.8, 4) is 72.4 Å². The van der Waals surface area contributed by atoms with Crippen LogP contribution >= 0.6 is 0 Å². The minimum atomic E-state index is 1.06. The highest BCUT2D eigenvalue weighted by molar-refractivity contribution is 6.09. The van der Waals surface area contributed by atoms with Gasteiger partial charge in [-0.1, -0.05) is 218 Å². The van der Waals surface area contributed by atoms with Crippen molar-refractivity contribution in [1.82, 2.24) is 4.57 Å². The molecule has 0 fully saturated rings. The van der Waals surface area contributed by atoms with Crippen molar-refractivity contribution in [1.29, 1.82) is 0 Å². The van der Waals surface area contributed by atoms with Crippen molar-refractivity contribution < 1.29 is 0 Å². The van der Waals surface area contributed by atoms with Crippen LogP contribution in [0.3, 0.4) is 0 Å². The van der Waals surface area contributed by atoms with Gasteiger partial charge in [-0.15, -0.1) is 0 Å². The van der Waals surface area contributed by atoms with E-state index in [1.165, 1.54) is 77.4 Å². The molecule has 0 aliphatic carbocycles. The van der Waals surface area contributed by atoms with Gasteiger partial charge in [-0.2, -0.15) is 0 Å². The first-order valence-electron chi connectivity index (χ1n) is 23.3. The number of para-hydroxylation sites is 3. The Balaban J connectivity index is 1.02. The molecule has 0 aliphatic rings. The van der Waals surface area contributed by atoms with Crippen LogP contribution in [0, 0.1) is 0 Å². The quantitative estimate of drug-likeness (QED) is 0.133. The summed E-state index contributed by atoms with van der Waals surface area (Å²) in [6, 6.07) is 101. The smallest absolute Gasteiger partial charge is 0.0541 e. The Labute approximate surface area is 397 Å². The number of hydrogen-bond acceptors (Lipinski definition) is 1. The Kier molecular flexibility index (Phi) is 10.6. The molecule has 68 heavy (non-hydrogen) atoms. The first-order valence-corrected chi connectivity index (χ1v) is 23.3. The normalized spacial score (nSPS) is 11.2. The van der Waals surface area contributed by atoms with E-state index in [1.807, 2.05) is 0 Å². The van der Waals surface area contributed by atoms with Gasteiger partial charge in [-0.3, -0.25) is 0 Å². The van der Waals surface area contributed by atoms with Crippen LogP contribution in [-0.2, 0) is 0 Å². The number of rotatable bonds is 10. The predicted molar refractivity (Wildman–Crippen MR) is 288 cm³/mol. The fraction of sp³-hybridized carbons (Fsp3) is 0. The molecule has 0 saturated carbocycles. The van der Waals surface area contributed by atoms with Gasteiger partial charge in [0.15, 0.2) is 0 Å². The Bertz CT molecular complexity index is 3630. The summed E-state index contributed by atoms with van der Waals surface area (Å²) in [6.45, 7) is 0. The number of fused-ring (bicyclic) bond motifs is 3. The summed E-state index contributed by atoms with van der Waals surface area (Å²) in [6.07, 6.45) is 0. The molecular formula is C66H46N2. The highest BCUT2D eigenvalue weighted by atomic mass is 15.1. The molecule has 0 atom stereocenters. The van der Waals surface area contributed by atoms with Crippen LogP contribution in [-0.4, -0.2) is 4.57 Å². The number of hydrogen-bond donors (Lipinski definition) is 0. The summed E-state index contributed by atoms with van der Waals surface area (Å²) in [5, 5.41) is 2.50. The molecule has 2 nitrogen and oxygen atoms in total. The third kappa shape index (κ3) is 7.54. The van der Waals surface area contributed by atoms with Gasteiger partial charge in [0.05, 0.1) is 16.7 Å². The third-order valence-corrected chi connectivity index (χ3v) is 13.3. The molecule has 0 saturated heterocycles. The largest absolute Gasteiger partial charge is 0.310 e. The van der Waals surface area contributed by atoms with Crippen LogP contribution in [0.1, 0.15) is 0 Å². The van der Waals surface area contributed by atoms with Crippen LogP contribution in [0.25, 0.3) is 94.3 Å². The van der Waals surface area contributed by atoms with E-state index in [1.54, 1.807) is 0 Å². The van der Waals surface area contributed by atoms with E-state index in [2.05, 4.69) is 289 Å². The second-order valence-electron chi connectivity index (χ2n) is 17.3.